The molecule has 0 amide bonds. The van der Waals surface area contributed by atoms with Crippen molar-refractivity contribution in [1.29, 1.82) is 5.26 Å². The first-order chi connectivity index (χ1) is 8.91. The molecule has 110 valence electrons. The third-order valence-electron chi connectivity index (χ3n) is 4.44. The maximum absolute atomic E-state index is 9.33. The Kier molecular flexibility index (Phi) is 6.29. The molecule has 0 spiro atoms. The van der Waals surface area contributed by atoms with Gasteiger partial charge in [0.05, 0.1) is 6.07 Å². The van der Waals surface area contributed by atoms with Crippen LogP contribution in [-0.2, 0) is 0 Å². The van der Waals surface area contributed by atoms with Crippen molar-refractivity contribution in [2.45, 2.75) is 77.4 Å². The van der Waals surface area contributed by atoms with Crippen LogP contribution in [0.1, 0.15) is 59.8 Å². The highest BCUT2D eigenvalue weighted by Crippen LogP contribution is 2.28. The van der Waals surface area contributed by atoms with Gasteiger partial charge >= 0.3 is 0 Å². The average molecular weight is 265 g/mol. The quantitative estimate of drug-likeness (QED) is 0.768. The third-order valence-corrected chi connectivity index (χ3v) is 4.44. The van der Waals surface area contributed by atoms with Gasteiger partial charge in [0.15, 0.2) is 0 Å². The zero-order chi connectivity index (χ0) is 14.5. The second-order valence-electron chi connectivity index (χ2n) is 6.78. The Bertz CT molecular complexity index is 302. The molecule has 1 N–H and O–H groups in total. The molecule has 1 aliphatic rings. The molecule has 0 saturated heterocycles. The zero-order valence-electron chi connectivity index (χ0n) is 13.4. The molecule has 1 saturated carbocycles. The van der Waals surface area contributed by atoms with Gasteiger partial charge in [-0.3, -0.25) is 4.90 Å². The summed E-state index contributed by atoms with van der Waals surface area (Å²) < 4.78 is 0. The van der Waals surface area contributed by atoms with Crippen molar-refractivity contribution >= 4 is 0 Å². The van der Waals surface area contributed by atoms with Crippen molar-refractivity contribution in [2.75, 3.05) is 13.6 Å². The maximum Gasteiger partial charge on any atom is 0.105 e. The fourth-order valence-corrected chi connectivity index (χ4v) is 3.26. The molecule has 1 aliphatic carbocycles. The largest absolute Gasteiger partial charge is 0.303 e. The van der Waals surface area contributed by atoms with Gasteiger partial charge in [-0.25, -0.2) is 0 Å². The summed E-state index contributed by atoms with van der Waals surface area (Å²) in [5.74, 6) is 0.686. The molecule has 0 aromatic heterocycles. The van der Waals surface area contributed by atoms with Crippen LogP contribution in [0.4, 0.5) is 0 Å². The van der Waals surface area contributed by atoms with Crippen molar-refractivity contribution < 1.29 is 0 Å². The SMILES string of the molecule is CNC(C)(C#N)CC(C)N(CC(C)C)C1CCCC1. The van der Waals surface area contributed by atoms with Crippen LogP contribution in [-0.4, -0.2) is 36.1 Å². The van der Waals surface area contributed by atoms with E-state index >= 15 is 0 Å². The Balaban J connectivity index is 2.70. The molecule has 19 heavy (non-hydrogen) atoms. The summed E-state index contributed by atoms with van der Waals surface area (Å²) in [6.07, 6.45) is 6.30. The molecule has 0 aromatic rings. The summed E-state index contributed by atoms with van der Waals surface area (Å²) in [4.78, 5) is 2.66. The van der Waals surface area contributed by atoms with E-state index in [2.05, 4.69) is 37.1 Å². The molecule has 2 unspecified atom stereocenters. The molecule has 0 bridgehead atoms. The summed E-state index contributed by atoms with van der Waals surface area (Å²) in [6.45, 7) is 10.0. The molecule has 0 heterocycles. The third kappa shape index (κ3) is 4.78. The van der Waals surface area contributed by atoms with Gasteiger partial charge in [0.25, 0.3) is 0 Å². The van der Waals surface area contributed by atoms with Crippen LogP contribution in [0.25, 0.3) is 0 Å². The molecule has 2 atom stereocenters. The molecule has 1 rings (SSSR count). The Morgan fingerprint density at radius 1 is 1.32 bits per heavy atom. The van der Waals surface area contributed by atoms with Gasteiger partial charge in [0.2, 0.25) is 0 Å². The number of nitrogens with one attached hydrogen (secondary N) is 1. The van der Waals surface area contributed by atoms with Crippen LogP contribution in [0.15, 0.2) is 0 Å². The second kappa shape index (κ2) is 7.26. The van der Waals surface area contributed by atoms with Crippen molar-refractivity contribution in [2.24, 2.45) is 5.92 Å². The van der Waals surface area contributed by atoms with E-state index in [4.69, 9.17) is 0 Å². The fraction of sp³-hybridized carbons (Fsp3) is 0.938. The van der Waals surface area contributed by atoms with E-state index in [1.54, 1.807) is 0 Å². The predicted octanol–water partition coefficient (Wildman–Crippen LogP) is 3.17. The number of hydrogen-bond acceptors (Lipinski definition) is 3. The molecule has 3 heteroatoms. The lowest BCUT2D eigenvalue weighted by molar-refractivity contribution is 0.109. The van der Waals surface area contributed by atoms with Gasteiger partial charge in [-0.15, -0.1) is 0 Å². The molecule has 3 nitrogen and oxygen atoms in total. The Labute approximate surface area is 119 Å². The first-order valence-corrected chi connectivity index (χ1v) is 7.77. The topological polar surface area (TPSA) is 39.1 Å². The van der Waals surface area contributed by atoms with Gasteiger partial charge in [0.1, 0.15) is 5.54 Å². The molecular formula is C16H31N3. The van der Waals surface area contributed by atoms with Gasteiger partial charge in [0, 0.05) is 18.6 Å². The number of nitriles is 1. The van der Waals surface area contributed by atoms with Gasteiger partial charge in [-0.1, -0.05) is 26.7 Å². The Morgan fingerprint density at radius 3 is 2.32 bits per heavy atom. The Morgan fingerprint density at radius 2 is 1.89 bits per heavy atom. The van der Waals surface area contributed by atoms with Gasteiger partial charge in [-0.2, -0.15) is 5.26 Å². The normalized spacial score (nSPS) is 21.6. The molecule has 1 fully saturated rings. The maximum atomic E-state index is 9.33. The van der Waals surface area contributed by atoms with Crippen LogP contribution in [0, 0.1) is 17.2 Å². The highest BCUT2D eigenvalue weighted by atomic mass is 15.2. The van der Waals surface area contributed by atoms with Crippen LogP contribution in [0.5, 0.6) is 0 Å². The molecule has 0 aliphatic heterocycles. The number of rotatable bonds is 7. The standard InChI is InChI=1S/C16H31N3/c1-13(2)11-19(15-8-6-7-9-15)14(3)10-16(4,12-17)18-5/h13-15,18H,6-11H2,1-5H3. The monoisotopic (exact) mass is 265 g/mol. The highest BCUT2D eigenvalue weighted by Gasteiger charge is 2.32. The summed E-state index contributed by atoms with van der Waals surface area (Å²) in [5.41, 5.74) is -0.409. The Hall–Kier alpha value is -0.590. The number of hydrogen-bond donors (Lipinski definition) is 1. The van der Waals surface area contributed by atoms with Crippen molar-refractivity contribution in [3.05, 3.63) is 0 Å². The van der Waals surface area contributed by atoms with E-state index in [0.29, 0.717) is 12.0 Å². The minimum Gasteiger partial charge on any atom is -0.303 e. The van der Waals surface area contributed by atoms with Crippen molar-refractivity contribution in [3.8, 4) is 6.07 Å². The summed E-state index contributed by atoms with van der Waals surface area (Å²) in [7, 11) is 1.89. The van der Waals surface area contributed by atoms with Crippen molar-refractivity contribution in [1.82, 2.24) is 10.2 Å². The van der Waals surface area contributed by atoms with E-state index in [0.717, 1.165) is 19.0 Å². The van der Waals surface area contributed by atoms with Crippen LogP contribution in [0.2, 0.25) is 0 Å². The van der Waals surface area contributed by atoms with E-state index in [1.807, 2.05) is 14.0 Å². The average Bonchev–Trinajstić information content (AvgIpc) is 2.89. The highest BCUT2D eigenvalue weighted by molar-refractivity contribution is 5.05. The first kappa shape index (κ1) is 16.5. The van der Waals surface area contributed by atoms with E-state index in [1.165, 1.54) is 25.7 Å². The summed E-state index contributed by atoms with van der Waals surface area (Å²) in [6, 6.07) is 3.61. The molecule has 0 aromatic carbocycles. The summed E-state index contributed by atoms with van der Waals surface area (Å²) >= 11 is 0. The molecule has 0 radical (unpaired) electrons. The van der Waals surface area contributed by atoms with E-state index < -0.39 is 5.54 Å². The predicted molar refractivity (Wildman–Crippen MR) is 81.0 cm³/mol. The lowest BCUT2D eigenvalue weighted by Crippen LogP contribution is -2.49. The van der Waals surface area contributed by atoms with Crippen LogP contribution in [0.3, 0.4) is 0 Å². The zero-order valence-corrected chi connectivity index (χ0v) is 13.4. The fourth-order valence-electron chi connectivity index (χ4n) is 3.26. The van der Waals surface area contributed by atoms with E-state index in [9.17, 15) is 5.26 Å². The van der Waals surface area contributed by atoms with Gasteiger partial charge in [-0.05, 0) is 46.1 Å². The minimum atomic E-state index is -0.409. The number of nitrogens with zero attached hydrogens (tertiary/aromatic N) is 2. The lowest BCUT2D eigenvalue weighted by atomic mass is 9.93. The van der Waals surface area contributed by atoms with Gasteiger partial charge < -0.3 is 5.32 Å². The van der Waals surface area contributed by atoms with Crippen LogP contribution >= 0.6 is 0 Å². The minimum absolute atomic E-state index is 0.409. The smallest absolute Gasteiger partial charge is 0.105 e. The van der Waals surface area contributed by atoms with E-state index in [-0.39, 0.29) is 0 Å². The molecular weight excluding hydrogens is 234 g/mol. The summed E-state index contributed by atoms with van der Waals surface area (Å²) in [5, 5.41) is 12.5. The lowest BCUT2D eigenvalue weighted by Gasteiger charge is -2.38. The second-order valence-corrected chi connectivity index (χ2v) is 6.78. The van der Waals surface area contributed by atoms with Crippen molar-refractivity contribution in [3.63, 3.8) is 0 Å². The van der Waals surface area contributed by atoms with Crippen LogP contribution < -0.4 is 5.32 Å². The first-order valence-electron chi connectivity index (χ1n) is 7.77.